The molecule has 0 aliphatic carbocycles. The second-order valence-corrected chi connectivity index (χ2v) is 5.72. The largest absolute Gasteiger partial charge is 0.494 e. The van der Waals surface area contributed by atoms with E-state index in [4.69, 9.17) is 10.5 Å². The normalized spacial score (nSPS) is 13.2. The van der Waals surface area contributed by atoms with E-state index in [-0.39, 0.29) is 11.2 Å². The van der Waals surface area contributed by atoms with Crippen LogP contribution in [0, 0.1) is 17.2 Å². The molecule has 3 nitrogen and oxygen atoms in total. The van der Waals surface area contributed by atoms with Crippen LogP contribution in [0.1, 0.15) is 27.7 Å². The zero-order chi connectivity index (χ0) is 13.9. The van der Waals surface area contributed by atoms with Gasteiger partial charge in [0.15, 0.2) is 11.6 Å². The van der Waals surface area contributed by atoms with E-state index >= 15 is 0 Å². The van der Waals surface area contributed by atoms with Crippen LogP contribution in [0.3, 0.4) is 0 Å². The number of nitrogens with two attached hydrogens (primary N) is 1. The first-order chi connectivity index (χ1) is 8.25. The Bertz CT molecular complexity index is 413. The summed E-state index contributed by atoms with van der Waals surface area (Å²) in [5.74, 6) is 0.229. The SMILES string of the molecule is COc1cc(NCC(C)C(C)(C)C)c(N)cc1F. The Morgan fingerprint density at radius 3 is 2.50 bits per heavy atom. The lowest BCUT2D eigenvalue weighted by Gasteiger charge is -2.28. The predicted molar refractivity (Wildman–Crippen MR) is 74.5 cm³/mol. The minimum atomic E-state index is -0.440. The minimum absolute atomic E-state index is 0.204. The van der Waals surface area contributed by atoms with Crippen molar-refractivity contribution in [2.45, 2.75) is 27.7 Å². The van der Waals surface area contributed by atoms with Gasteiger partial charge in [0.25, 0.3) is 0 Å². The van der Waals surface area contributed by atoms with Gasteiger partial charge in [-0.15, -0.1) is 0 Å². The average Bonchev–Trinajstić information content (AvgIpc) is 2.26. The molecule has 18 heavy (non-hydrogen) atoms. The molecule has 102 valence electrons. The van der Waals surface area contributed by atoms with E-state index in [0.717, 1.165) is 6.54 Å². The molecular weight excluding hydrogens is 231 g/mol. The lowest BCUT2D eigenvalue weighted by Crippen LogP contribution is -2.25. The molecule has 0 saturated heterocycles. The lowest BCUT2D eigenvalue weighted by molar-refractivity contribution is 0.274. The van der Waals surface area contributed by atoms with Gasteiger partial charge in [-0.2, -0.15) is 0 Å². The molecule has 0 bridgehead atoms. The van der Waals surface area contributed by atoms with Gasteiger partial charge in [0.1, 0.15) is 0 Å². The maximum Gasteiger partial charge on any atom is 0.167 e. The van der Waals surface area contributed by atoms with Crippen molar-refractivity contribution in [1.29, 1.82) is 0 Å². The van der Waals surface area contributed by atoms with Gasteiger partial charge in [-0.05, 0) is 11.3 Å². The lowest BCUT2D eigenvalue weighted by atomic mass is 9.82. The van der Waals surface area contributed by atoms with Crippen LogP contribution in [-0.4, -0.2) is 13.7 Å². The van der Waals surface area contributed by atoms with Crippen LogP contribution in [0.2, 0.25) is 0 Å². The van der Waals surface area contributed by atoms with Crippen LogP contribution < -0.4 is 15.8 Å². The Balaban J connectivity index is 2.79. The van der Waals surface area contributed by atoms with Gasteiger partial charge < -0.3 is 15.8 Å². The highest BCUT2D eigenvalue weighted by atomic mass is 19.1. The zero-order valence-electron chi connectivity index (χ0n) is 11.8. The molecule has 0 heterocycles. The average molecular weight is 254 g/mol. The minimum Gasteiger partial charge on any atom is -0.494 e. The summed E-state index contributed by atoms with van der Waals surface area (Å²) in [6, 6.07) is 2.88. The summed E-state index contributed by atoms with van der Waals surface area (Å²) in [7, 11) is 1.44. The predicted octanol–water partition coefficient (Wildman–Crippen LogP) is 3.51. The second-order valence-electron chi connectivity index (χ2n) is 5.72. The highest BCUT2D eigenvalue weighted by molar-refractivity contribution is 5.68. The van der Waals surface area contributed by atoms with Crippen molar-refractivity contribution in [1.82, 2.24) is 0 Å². The topological polar surface area (TPSA) is 47.3 Å². The zero-order valence-corrected chi connectivity index (χ0v) is 11.8. The Kier molecular flexibility index (Phi) is 4.43. The monoisotopic (exact) mass is 254 g/mol. The molecule has 0 radical (unpaired) electrons. The van der Waals surface area contributed by atoms with Gasteiger partial charge in [-0.1, -0.05) is 27.7 Å². The van der Waals surface area contributed by atoms with Crippen LogP contribution in [0.4, 0.5) is 15.8 Å². The Labute approximate surface area is 109 Å². The highest BCUT2D eigenvalue weighted by Gasteiger charge is 2.20. The third-order valence-electron chi connectivity index (χ3n) is 3.40. The third-order valence-corrected chi connectivity index (χ3v) is 3.40. The van der Waals surface area contributed by atoms with Crippen molar-refractivity contribution in [2.24, 2.45) is 11.3 Å². The standard InChI is InChI=1S/C14H23FN2O/c1-9(14(2,3)4)8-17-12-7-13(18-5)10(15)6-11(12)16/h6-7,9,17H,8,16H2,1-5H3. The summed E-state index contributed by atoms with van der Waals surface area (Å²) in [6.45, 7) is 9.52. The number of nitrogen functional groups attached to an aromatic ring is 1. The smallest absolute Gasteiger partial charge is 0.167 e. The molecule has 1 rings (SSSR count). The van der Waals surface area contributed by atoms with Crippen molar-refractivity contribution < 1.29 is 9.13 Å². The summed E-state index contributed by atoms with van der Waals surface area (Å²) in [6.07, 6.45) is 0. The molecule has 1 aromatic carbocycles. The number of hydrogen-bond acceptors (Lipinski definition) is 3. The summed E-state index contributed by atoms with van der Waals surface area (Å²) < 4.78 is 18.3. The van der Waals surface area contributed by atoms with E-state index in [1.807, 2.05) is 0 Å². The van der Waals surface area contributed by atoms with Crippen molar-refractivity contribution in [3.05, 3.63) is 17.9 Å². The number of halogens is 1. The van der Waals surface area contributed by atoms with Gasteiger partial charge in [0, 0.05) is 18.7 Å². The van der Waals surface area contributed by atoms with E-state index in [9.17, 15) is 4.39 Å². The van der Waals surface area contributed by atoms with Crippen LogP contribution in [0.25, 0.3) is 0 Å². The van der Waals surface area contributed by atoms with Crippen LogP contribution >= 0.6 is 0 Å². The Morgan fingerprint density at radius 1 is 1.39 bits per heavy atom. The molecule has 0 spiro atoms. The van der Waals surface area contributed by atoms with Crippen molar-refractivity contribution in [3.63, 3.8) is 0 Å². The molecule has 0 aliphatic rings. The molecule has 0 aromatic heterocycles. The van der Waals surface area contributed by atoms with E-state index in [1.54, 1.807) is 6.07 Å². The van der Waals surface area contributed by atoms with E-state index in [0.29, 0.717) is 17.3 Å². The molecule has 0 amide bonds. The van der Waals surface area contributed by atoms with E-state index in [2.05, 4.69) is 33.0 Å². The Morgan fingerprint density at radius 2 is 2.00 bits per heavy atom. The number of nitrogens with one attached hydrogen (secondary N) is 1. The fraction of sp³-hybridized carbons (Fsp3) is 0.571. The summed E-state index contributed by atoms with van der Waals surface area (Å²) >= 11 is 0. The maximum absolute atomic E-state index is 13.4. The van der Waals surface area contributed by atoms with Crippen LogP contribution in [0.15, 0.2) is 12.1 Å². The van der Waals surface area contributed by atoms with Crippen molar-refractivity contribution in [2.75, 3.05) is 24.7 Å². The van der Waals surface area contributed by atoms with Crippen LogP contribution in [-0.2, 0) is 0 Å². The van der Waals surface area contributed by atoms with E-state index < -0.39 is 5.82 Å². The first kappa shape index (κ1) is 14.6. The number of rotatable bonds is 4. The Hall–Kier alpha value is -1.45. The molecule has 4 heteroatoms. The summed E-state index contributed by atoms with van der Waals surface area (Å²) in [4.78, 5) is 0. The number of methoxy groups -OCH3 is 1. The molecular formula is C14H23FN2O. The van der Waals surface area contributed by atoms with Gasteiger partial charge in [-0.25, -0.2) is 4.39 Å². The van der Waals surface area contributed by atoms with E-state index in [1.165, 1.54) is 13.2 Å². The van der Waals surface area contributed by atoms with Crippen molar-refractivity contribution in [3.8, 4) is 5.75 Å². The molecule has 1 aromatic rings. The fourth-order valence-electron chi connectivity index (χ4n) is 1.45. The number of ether oxygens (including phenoxy) is 1. The van der Waals surface area contributed by atoms with Gasteiger partial charge in [0.2, 0.25) is 0 Å². The molecule has 0 saturated carbocycles. The molecule has 0 fully saturated rings. The van der Waals surface area contributed by atoms with Crippen molar-refractivity contribution >= 4 is 11.4 Å². The fourth-order valence-corrected chi connectivity index (χ4v) is 1.45. The molecule has 1 unspecified atom stereocenters. The quantitative estimate of drug-likeness (QED) is 0.808. The number of benzene rings is 1. The van der Waals surface area contributed by atoms with Gasteiger partial charge in [0.05, 0.1) is 18.5 Å². The first-order valence-electron chi connectivity index (χ1n) is 6.12. The summed E-state index contributed by atoms with van der Waals surface area (Å²) in [5.41, 5.74) is 7.11. The molecule has 0 aliphatic heterocycles. The number of anilines is 2. The molecule has 1 atom stereocenters. The summed E-state index contributed by atoms with van der Waals surface area (Å²) in [5, 5.41) is 3.25. The highest BCUT2D eigenvalue weighted by Crippen LogP contribution is 2.30. The first-order valence-corrected chi connectivity index (χ1v) is 6.12. The molecule has 3 N–H and O–H groups in total. The van der Waals surface area contributed by atoms with Gasteiger partial charge >= 0.3 is 0 Å². The number of hydrogen-bond donors (Lipinski definition) is 2. The van der Waals surface area contributed by atoms with Crippen LogP contribution in [0.5, 0.6) is 5.75 Å². The maximum atomic E-state index is 13.4. The third kappa shape index (κ3) is 3.52. The van der Waals surface area contributed by atoms with Gasteiger partial charge in [-0.3, -0.25) is 0 Å². The second kappa shape index (κ2) is 5.46.